The standard InChI is InChI=1S/C21H22BrN3O4S/c1-29-11-10-24-19(27)18-15-4-2-3-5-16(15)30-20(18)25(21(24)28)12-17(26)23-14-8-6-13(22)7-9-14/h6-9H,2-5,10-12H2,1H3,(H,23,26). The Morgan fingerprint density at radius 3 is 2.63 bits per heavy atom. The van der Waals surface area contributed by atoms with Crippen LogP contribution in [0.15, 0.2) is 38.3 Å². The molecule has 1 aromatic carbocycles. The van der Waals surface area contributed by atoms with Crippen LogP contribution in [0.2, 0.25) is 0 Å². The molecule has 2 aromatic heterocycles. The van der Waals surface area contributed by atoms with Crippen LogP contribution in [0.4, 0.5) is 5.69 Å². The molecule has 4 rings (SSSR count). The third-order valence-corrected chi connectivity index (χ3v) is 7.11. The maximum atomic E-state index is 13.1. The first-order chi connectivity index (χ1) is 14.5. The Bertz CT molecular complexity index is 1210. The summed E-state index contributed by atoms with van der Waals surface area (Å²) in [5.74, 6) is -0.316. The number of benzene rings is 1. The van der Waals surface area contributed by atoms with E-state index in [1.54, 1.807) is 12.1 Å². The average molecular weight is 492 g/mol. The molecular weight excluding hydrogens is 470 g/mol. The van der Waals surface area contributed by atoms with Crippen molar-refractivity contribution < 1.29 is 9.53 Å². The van der Waals surface area contributed by atoms with Gasteiger partial charge in [0.05, 0.1) is 18.5 Å². The van der Waals surface area contributed by atoms with Gasteiger partial charge in [-0.3, -0.25) is 18.7 Å². The normalized spacial score (nSPS) is 13.4. The molecule has 0 unspecified atom stereocenters. The molecule has 0 aliphatic heterocycles. The number of anilines is 1. The van der Waals surface area contributed by atoms with Crippen molar-refractivity contribution in [3.05, 3.63) is 60.0 Å². The molecule has 1 N–H and O–H groups in total. The van der Waals surface area contributed by atoms with Crippen molar-refractivity contribution in [2.24, 2.45) is 0 Å². The minimum Gasteiger partial charge on any atom is -0.383 e. The lowest BCUT2D eigenvalue weighted by Gasteiger charge is -2.13. The number of carbonyl (C=O) groups is 1. The SMILES string of the molecule is COCCn1c(=O)c2c3c(sc2n(CC(=O)Nc2ccc(Br)cc2)c1=O)CCCC3. The number of aryl methyl sites for hydroxylation is 2. The fourth-order valence-electron chi connectivity index (χ4n) is 3.81. The fraction of sp³-hybridized carbons (Fsp3) is 0.381. The maximum absolute atomic E-state index is 13.1. The Morgan fingerprint density at radius 1 is 1.17 bits per heavy atom. The number of rotatable bonds is 6. The van der Waals surface area contributed by atoms with Crippen molar-refractivity contribution in [2.75, 3.05) is 19.0 Å². The van der Waals surface area contributed by atoms with E-state index in [2.05, 4.69) is 21.2 Å². The summed E-state index contributed by atoms with van der Waals surface area (Å²) >= 11 is 4.84. The molecule has 1 amide bonds. The zero-order valence-electron chi connectivity index (χ0n) is 16.6. The number of aromatic nitrogens is 2. The number of carbonyl (C=O) groups excluding carboxylic acids is 1. The molecule has 0 radical (unpaired) electrons. The molecule has 0 atom stereocenters. The monoisotopic (exact) mass is 491 g/mol. The van der Waals surface area contributed by atoms with Crippen molar-refractivity contribution in [1.82, 2.24) is 9.13 Å². The lowest BCUT2D eigenvalue weighted by atomic mass is 9.97. The smallest absolute Gasteiger partial charge is 0.332 e. The number of fused-ring (bicyclic) bond motifs is 3. The van der Waals surface area contributed by atoms with Crippen LogP contribution in [0.3, 0.4) is 0 Å². The van der Waals surface area contributed by atoms with Crippen LogP contribution < -0.4 is 16.6 Å². The second kappa shape index (κ2) is 8.87. The molecule has 0 spiro atoms. The van der Waals surface area contributed by atoms with Crippen LogP contribution in [-0.2, 0) is 35.5 Å². The van der Waals surface area contributed by atoms with Gasteiger partial charge in [-0.2, -0.15) is 0 Å². The van der Waals surface area contributed by atoms with Crippen molar-refractivity contribution in [3.8, 4) is 0 Å². The first-order valence-electron chi connectivity index (χ1n) is 9.82. The van der Waals surface area contributed by atoms with Crippen LogP contribution in [0, 0.1) is 0 Å². The van der Waals surface area contributed by atoms with Gasteiger partial charge < -0.3 is 10.1 Å². The highest BCUT2D eigenvalue weighted by Crippen LogP contribution is 2.34. The van der Waals surface area contributed by atoms with Crippen LogP contribution in [0.5, 0.6) is 0 Å². The van der Waals surface area contributed by atoms with Crippen molar-refractivity contribution in [3.63, 3.8) is 0 Å². The third-order valence-electron chi connectivity index (χ3n) is 5.27. The van der Waals surface area contributed by atoms with Gasteiger partial charge in [0.2, 0.25) is 5.91 Å². The minimum atomic E-state index is -0.478. The molecule has 0 saturated heterocycles. The number of amides is 1. The van der Waals surface area contributed by atoms with Crippen LogP contribution in [0.1, 0.15) is 23.3 Å². The molecule has 30 heavy (non-hydrogen) atoms. The Balaban J connectivity index is 1.78. The molecular formula is C21H22BrN3O4S. The summed E-state index contributed by atoms with van der Waals surface area (Å²) in [4.78, 5) is 40.8. The highest BCUT2D eigenvalue weighted by Gasteiger charge is 2.24. The van der Waals surface area contributed by atoms with Gasteiger partial charge in [0, 0.05) is 22.1 Å². The second-order valence-corrected chi connectivity index (χ2v) is 9.26. The number of hydrogen-bond donors (Lipinski definition) is 1. The molecule has 158 valence electrons. The Labute approximate surface area is 185 Å². The van der Waals surface area contributed by atoms with Crippen molar-refractivity contribution in [1.29, 1.82) is 0 Å². The number of ether oxygens (including phenoxy) is 1. The molecule has 7 nitrogen and oxygen atoms in total. The summed E-state index contributed by atoms with van der Waals surface area (Å²) in [6, 6.07) is 7.23. The number of methoxy groups -OCH3 is 1. The third kappa shape index (κ3) is 4.01. The van der Waals surface area contributed by atoms with Gasteiger partial charge in [-0.15, -0.1) is 11.3 Å². The summed E-state index contributed by atoms with van der Waals surface area (Å²) in [5, 5.41) is 3.41. The Morgan fingerprint density at radius 2 is 1.90 bits per heavy atom. The van der Waals surface area contributed by atoms with E-state index in [1.165, 1.54) is 27.6 Å². The molecule has 1 aliphatic rings. The summed E-state index contributed by atoms with van der Waals surface area (Å²) in [5.41, 5.74) is 0.926. The van der Waals surface area contributed by atoms with Crippen LogP contribution >= 0.6 is 27.3 Å². The summed E-state index contributed by atoms with van der Waals surface area (Å²) in [6.45, 7) is 0.249. The number of hydrogen-bond acceptors (Lipinski definition) is 5. The van der Waals surface area contributed by atoms with E-state index in [9.17, 15) is 14.4 Å². The summed E-state index contributed by atoms with van der Waals surface area (Å²) < 4.78 is 8.62. The number of thiophene rings is 1. The van der Waals surface area contributed by atoms with Crippen LogP contribution in [0.25, 0.3) is 10.2 Å². The van der Waals surface area contributed by atoms with E-state index in [1.807, 2.05) is 12.1 Å². The maximum Gasteiger partial charge on any atom is 0.332 e. The minimum absolute atomic E-state index is 0.155. The number of halogens is 1. The largest absolute Gasteiger partial charge is 0.383 e. The Kier molecular flexibility index (Phi) is 6.21. The highest BCUT2D eigenvalue weighted by atomic mass is 79.9. The van der Waals surface area contributed by atoms with E-state index in [4.69, 9.17) is 4.74 Å². The topological polar surface area (TPSA) is 82.3 Å². The van der Waals surface area contributed by atoms with E-state index < -0.39 is 5.69 Å². The molecule has 0 bridgehead atoms. The van der Waals surface area contributed by atoms with Gasteiger partial charge in [0.25, 0.3) is 5.56 Å². The van der Waals surface area contributed by atoms with Crippen LogP contribution in [-0.4, -0.2) is 28.8 Å². The van der Waals surface area contributed by atoms with Gasteiger partial charge in [-0.25, -0.2) is 4.79 Å². The number of nitrogens with zero attached hydrogens (tertiary/aromatic N) is 2. The molecule has 2 heterocycles. The van der Waals surface area contributed by atoms with Gasteiger partial charge in [0.1, 0.15) is 11.4 Å². The zero-order chi connectivity index (χ0) is 21.3. The van der Waals surface area contributed by atoms with Gasteiger partial charge in [-0.1, -0.05) is 15.9 Å². The van der Waals surface area contributed by atoms with E-state index in [-0.39, 0.29) is 31.2 Å². The van der Waals surface area contributed by atoms with E-state index in [0.717, 1.165) is 40.6 Å². The average Bonchev–Trinajstić information content (AvgIpc) is 3.12. The lowest BCUT2D eigenvalue weighted by Crippen LogP contribution is -2.42. The van der Waals surface area contributed by atoms with E-state index in [0.29, 0.717) is 15.9 Å². The molecule has 0 saturated carbocycles. The predicted molar refractivity (Wildman–Crippen MR) is 122 cm³/mol. The quantitative estimate of drug-likeness (QED) is 0.573. The fourth-order valence-corrected chi connectivity index (χ4v) is 5.45. The zero-order valence-corrected chi connectivity index (χ0v) is 19.0. The second-order valence-electron chi connectivity index (χ2n) is 7.26. The first kappa shape index (κ1) is 21.0. The van der Waals surface area contributed by atoms with Crippen molar-refractivity contribution >= 4 is 49.1 Å². The van der Waals surface area contributed by atoms with Gasteiger partial charge in [0.15, 0.2) is 0 Å². The van der Waals surface area contributed by atoms with Gasteiger partial charge >= 0.3 is 5.69 Å². The van der Waals surface area contributed by atoms with Gasteiger partial charge in [-0.05, 0) is 55.5 Å². The van der Waals surface area contributed by atoms with E-state index >= 15 is 0 Å². The lowest BCUT2D eigenvalue weighted by molar-refractivity contribution is -0.116. The summed E-state index contributed by atoms with van der Waals surface area (Å²) in [6.07, 6.45) is 3.84. The predicted octanol–water partition coefficient (Wildman–Crippen LogP) is 3.15. The number of nitrogens with one attached hydrogen (secondary N) is 1. The highest BCUT2D eigenvalue weighted by molar-refractivity contribution is 9.10. The van der Waals surface area contributed by atoms with Crippen molar-refractivity contribution in [2.45, 2.75) is 38.8 Å². The molecule has 9 heteroatoms. The molecule has 1 aliphatic carbocycles. The summed E-state index contributed by atoms with van der Waals surface area (Å²) in [7, 11) is 1.53. The molecule has 3 aromatic rings. The first-order valence-corrected chi connectivity index (χ1v) is 11.4. The molecule has 0 fully saturated rings. The Hall–Kier alpha value is -2.23.